The summed E-state index contributed by atoms with van der Waals surface area (Å²) < 4.78 is 10.9. The van der Waals surface area contributed by atoms with Gasteiger partial charge in [0.25, 0.3) is 5.91 Å². The van der Waals surface area contributed by atoms with Crippen LogP contribution >= 0.6 is 0 Å². The summed E-state index contributed by atoms with van der Waals surface area (Å²) in [6, 6.07) is 16.1. The number of morpholine rings is 1. The highest BCUT2D eigenvalue weighted by Crippen LogP contribution is 2.27. The molecule has 6 nitrogen and oxygen atoms in total. The fraction of sp³-hybridized carbons (Fsp3) is 0.318. The van der Waals surface area contributed by atoms with Crippen molar-refractivity contribution in [1.82, 2.24) is 4.90 Å². The normalized spacial score (nSPS) is 19.0. The van der Waals surface area contributed by atoms with Crippen LogP contribution in [0.5, 0.6) is 0 Å². The minimum absolute atomic E-state index is 0.0494. The highest BCUT2D eigenvalue weighted by atomic mass is 16.5. The first-order valence-electron chi connectivity index (χ1n) is 9.18. The molecule has 3 rings (SSSR count). The first-order valence-corrected chi connectivity index (χ1v) is 9.18. The van der Waals surface area contributed by atoms with Crippen LogP contribution in [0.2, 0.25) is 0 Å². The first kappa shape index (κ1) is 19.6. The second kappa shape index (κ2) is 8.68. The summed E-state index contributed by atoms with van der Waals surface area (Å²) in [7, 11) is 0. The maximum Gasteiger partial charge on any atom is 0.339 e. The number of rotatable bonds is 4. The van der Waals surface area contributed by atoms with Gasteiger partial charge in [0.15, 0.2) is 6.61 Å². The second-order valence-corrected chi connectivity index (χ2v) is 6.84. The average molecular weight is 378 g/mol. The van der Waals surface area contributed by atoms with Gasteiger partial charge in [-0.05, 0) is 31.5 Å². The van der Waals surface area contributed by atoms with E-state index in [1.165, 1.54) is 0 Å². The fourth-order valence-electron chi connectivity index (χ4n) is 3.39. The van der Waals surface area contributed by atoms with Gasteiger partial charge >= 0.3 is 5.97 Å². The lowest BCUT2D eigenvalue weighted by atomic mass is 9.96. The summed E-state index contributed by atoms with van der Waals surface area (Å²) in [6.07, 6.45) is -0.0989. The van der Waals surface area contributed by atoms with E-state index >= 15 is 0 Å². The molecule has 6 heteroatoms. The van der Waals surface area contributed by atoms with Gasteiger partial charge in [0, 0.05) is 18.7 Å². The Hall–Kier alpha value is -3.17. The van der Waals surface area contributed by atoms with Crippen LogP contribution in [0.4, 0.5) is 0 Å². The van der Waals surface area contributed by atoms with Crippen LogP contribution in [0.15, 0.2) is 48.5 Å². The molecule has 0 bridgehead atoms. The smallest absolute Gasteiger partial charge is 0.339 e. The zero-order valence-electron chi connectivity index (χ0n) is 15.9. The number of carbonyl (C=O) groups excluding carboxylic acids is 2. The van der Waals surface area contributed by atoms with E-state index in [1.54, 1.807) is 47.4 Å². The third-order valence-electron chi connectivity index (χ3n) is 4.58. The molecule has 1 aliphatic rings. The van der Waals surface area contributed by atoms with Crippen molar-refractivity contribution in [2.75, 3.05) is 19.7 Å². The van der Waals surface area contributed by atoms with Crippen LogP contribution in [-0.2, 0) is 14.3 Å². The highest BCUT2D eigenvalue weighted by molar-refractivity contribution is 5.98. The first-order chi connectivity index (χ1) is 13.5. The molecule has 0 aromatic heterocycles. The third-order valence-corrected chi connectivity index (χ3v) is 4.58. The molecule has 1 saturated heterocycles. The standard InChI is InChI=1S/C22H22N2O4/c1-15-12-24(13-16(2)28-15)21(25)14-27-22(26)20-10-6-5-9-19(20)18-8-4-3-7-17(18)11-23/h3-10,15-16H,12-14H2,1-2H3/t15-,16-/m0/s1. The molecule has 2 aromatic rings. The Balaban J connectivity index is 1.74. The number of ether oxygens (including phenoxy) is 2. The molecule has 0 spiro atoms. The molecular formula is C22H22N2O4. The van der Waals surface area contributed by atoms with Gasteiger partial charge in [0.2, 0.25) is 0 Å². The van der Waals surface area contributed by atoms with Crippen LogP contribution in [-0.4, -0.2) is 48.7 Å². The molecule has 1 amide bonds. The van der Waals surface area contributed by atoms with Gasteiger partial charge in [0.1, 0.15) is 0 Å². The Kier molecular flexibility index (Phi) is 6.07. The lowest BCUT2D eigenvalue weighted by molar-refractivity contribution is -0.146. The molecule has 28 heavy (non-hydrogen) atoms. The van der Waals surface area contributed by atoms with E-state index in [0.717, 1.165) is 0 Å². The number of nitriles is 1. The van der Waals surface area contributed by atoms with E-state index < -0.39 is 5.97 Å². The summed E-state index contributed by atoms with van der Waals surface area (Å²) in [5.41, 5.74) is 2.04. The number of carbonyl (C=O) groups is 2. The predicted molar refractivity (Wildman–Crippen MR) is 103 cm³/mol. The molecule has 144 valence electrons. The molecule has 2 aromatic carbocycles. The van der Waals surface area contributed by atoms with Crippen molar-refractivity contribution < 1.29 is 19.1 Å². The Morgan fingerprint density at radius 1 is 1.07 bits per heavy atom. The second-order valence-electron chi connectivity index (χ2n) is 6.84. The Labute approximate surface area is 164 Å². The predicted octanol–water partition coefficient (Wildman–Crippen LogP) is 3.02. The van der Waals surface area contributed by atoms with Crippen molar-refractivity contribution in [2.24, 2.45) is 0 Å². The maximum absolute atomic E-state index is 12.7. The highest BCUT2D eigenvalue weighted by Gasteiger charge is 2.27. The Morgan fingerprint density at radius 3 is 2.36 bits per heavy atom. The molecule has 1 fully saturated rings. The average Bonchev–Trinajstić information content (AvgIpc) is 2.71. The number of hydrogen-bond acceptors (Lipinski definition) is 5. The van der Waals surface area contributed by atoms with Crippen LogP contribution in [0, 0.1) is 11.3 Å². The summed E-state index contributed by atoms with van der Waals surface area (Å²) >= 11 is 0. The van der Waals surface area contributed by atoms with Gasteiger partial charge in [-0.1, -0.05) is 36.4 Å². The molecule has 1 heterocycles. The molecule has 0 unspecified atom stereocenters. The largest absolute Gasteiger partial charge is 0.452 e. The van der Waals surface area contributed by atoms with Crippen molar-refractivity contribution in [3.8, 4) is 17.2 Å². The summed E-state index contributed by atoms with van der Waals surface area (Å²) in [6.45, 7) is 4.45. The summed E-state index contributed by atoms with van der Waals surface area (Å²) in [5.74, 6) is -0.837. The number of nitrogens with zero attached hydrogens (tertiary/aromatic N) is 2. The van der Waals surface area contributed by atoms with Crippen molar-refractivity contribution in [1.29, 1.82) is 5.26 Å². The minimum atomic E-state index is -0.592. The number of benzene rings is 2. The topological polar surface area (TPSA) is 79.6 Å². The monoisotopic (exact) mass is 378 g/mol. The molecule has 0 aliphatic carbocycles. The fourth-order valence-corrected chi connectivity index (χ4v) is 3.39. The van der Waals surface area contributed by atoms with Crippen LogP contribution in [0.1, 0.15) is 29.8 Å². The lowest BCUT2D eigenvalue weighted by Gasteiger charge is -2.35. The number of amides is 1. The number of esters is 1. The van der Waals surface area contributed by atoms with Gasteiger partial charge in [-0.15, -0.1) is 0 Å². The van der Waals surface area contributed by atoms with Crippen LogP contribution < -0.4 is 0 Å². The van der Waals surface area contributed by atoms with Gasteiger partial charge in [-0.3, -0.25) is 4.79 Å². The zero-order valence-corrected chi connectivity index (χ0v) is 15.9. The van der Waals surface area contributed by atoms with Crippen molar-refractivity contribution in [2.45, 2.75) is 26.1 Å². The Bertz CT molecular complexity index is 909. The van der Waals surface area contributed by atoms with Gasteiger partial charge < -0.3 is 14.4 Å². The maximum atomic E-state index is 12.7. The van der Waals surface area contributed by atoms with E-state index in [0.29, 0.717) is 35.3 Å². The van der Waals surface area contributed by atoms with Gasteiger partial charge in [-0.2, -0.15) is 5.26 Å². The quantitative estimate of drug-likeness (QED) is 0.764. The van der Waals surface area contributed by atoms with Crippen LogP contribution in [0.25, 0.3) is 11.1 Å². The minimum Gasteiger partial charge on any atom is -0.452 e. The van der Waals surface area contributed by atoms with Crippen molar-refractivity contribution in [3.63, 3.8) is 0 Å². The third kappa shape index (κ3) is 4.38. The van der Waals surface area contributed by atoms with E-state index in [-0.39, 0.29) is 24.7 Å². The molecule has 0 radical (unpaired) electrons. The van der Waals surface area contributed by atoms with E-state index in [1.807, 2.05) is 19.9 Å². The van der Waals surface area contributed by atoms with E-state index in [9.17, 15) is 14.9 Å². The molecule has 1 aliphatic heterocycles. The lowest BCUT2D eigenvalue weighted by Crippen LogP contribution is -2.49. The van der Waals surface area contributed by atoms with Gasteiger partial charge in [-0.25, -0.2) is 4.79 Å². The van der Waals surface area contributed by atoms with Crippen LogP contribution in [0.3, 0.4) is 0 Å². The molecule has 0 N–H and O–H groups in total. The summed E-state index contributed by atoms with van der Waals surface area (Å²) in [5, 5.41) is 9.35. The van der Waals surface area contributed by atoms with Crippen molar-refractivity contribution in [3.05, 3.63) is 59.7 Å². The number of hydrogen-bond donors (Lipinski definition) is 0. The Morgan fingerprint density at radius 2 is 1.68 bits per heavy atom. The molecule has 0 saturated carbocycles. The van der Waals surface area contributed by atoms with E-state index in [2.05, 4.69) is 6.07 Å². The van der Waals surface area contributed by atoms with Gasteiger partial charge in [0.05, 0.1) is 29.4 Å². The SMILES string of the molecule is C[C@H]1CN(C(=O)COC(=O)c2ccccc2-c2ccccc2C#N)C[C@H](C)O1. The molecule has 2 atom stereocenters. The molecular weight excluding hydrogens is 356 g/mol. The summed E-state index contributed by atoms with van der Waals surface area (Å²) in [4.78, 5) is 26.7. The van der Waals surface area contributed by atoms with E-state index in [4.69, 9.17) is 9.47 Å². The van der Waals surface area contributed by atoms with Crippen molar-refractivity contribution >= 4 is 11.9 Å². The zero-order chi connectivity index (χ0) is 20.1.